The lowest BCUT2D eigenvalue weighted by molar-refractivity contribution is 0.765. The number of benzene rings is 10. The fraction of sp³-hybridized carbons (Fsp3) is 0.0323. The summed E-state index contributed by atoms with van der Waals surface area (Å²) in [5.74, 6) is -0.220. The molecule has 63 heavy (non-hydrogen) atoms. The first-order valence-electron chi connectivity index (χ1n) is 24.0. The van der Waals surface area contributed by atoms with Crippen molar-refractivity contribution in [3.05, 3.63) is 294 Å². The van der Waals surface area contributed by atoms with Gasteiger partial charge in [-0.2, -0.15) is 0 Å². The van der Waals surface area contributed by atoms with Gasteiger partial charge in [-0.1, -0.05) is 224 Å². The predicted molar refractivity (Wildman–Crippen MR) is 263 cm³/mol. The molecule has 12 rings (SSSR count). The van der Waals surface area contributed by atoms with Gasteiger partial charge in [-0.3, -0.25) is 0 Å². The second-order valence-corrected chi connectivity index (χ2v) is 16.4. The third kappa shape index (κ3) is 6.00. The van der Waals surface area contributed by atoms with E-state index in [9.17, 15) is 0 Å². The maximum absolute atomic E-state index is 8.73. The van der Waals surface area contributed by atoms with E-state index in [0.717, 1.165) is 39.0 Å². The van der Waals surface area contributed by atoms with E-state index in [-0.39, 0.29) is 35.7 Å². The second kappa shape index (κ2) is 15.2. The van der Waals surface area contributed by atoms with E-state index in [4.69, 9.17) is 6.85 Å². The van der Waals surface area contributed by atoms with Gasteiger partial charge in [0, 0.05) is 22.4 Å². The maximum Gasteiger partial charge on any atom is 0.0713 e. The molecule has 0 amide bonds. The van der Waals surface area contributed by atoms with Gasteiger partial charge in [0.05, 0.1) is 23.3 Å². The van der Waals surface area contributed by atoms with Crippen LogP contribution in [0.3, 0.4) is 0 Å². The Morgan fingerprint density at radius 2 is 0.889 bits per heavy atom. The van der Waals surface area contributed by atoms with Crippen molar-refractivity contribution in [3.8, 4) is 39.1 Å². The first kappa shape index (κ1) is 31.8. The van der Waals surface area contributed by atoms with Crippen molar-refractivity contribution in [2.24, 2.45) is 0 Å². The van der Waals surface area contributed by atoms with Crippen LogP contribution in [0.2, 0.25) is 0 Å². The summed E-state index contributed by atoms with van der Waals surface area (Å²) in [7, 11) is 0. The summed E-state index contributed by atoms with van der Waals surface area (Å²) in [5.41, 5.74) is 16.4. The van der Waals surface area contributed by atoms with Crippen LogP contribution in [0.25, 0.3) is 60.9 Å². The highest BCUT2D eigenvalue weighted by Crippen LogP contribution is 2.57. The molecule has 0 saturated carbocycles. The molecule has 0 saturated heterocycles. The van der Waals surface area contributed by atoms with Crippen LogP contribution in [0.4, 0.5) is 0 Å². The Hall–Kier alpha value is -8.00. The van der Waals surface area contributed by atoms with Crippen molar-refractivity contribution in [2.45, 2.75) is 11.3 Å². The molecule has 0 aliphatic heterocycles. The van der Waals surface area contributed by atoms with Gasteiger partial charge in [-0.25, -0.2) is 0 Å². The normalized spacial score (nSPS) is 14.3. The van der Waals surface area contributed by atoms with Gasteiger partial charge in [-0.05, 0) is 103 Å². The molecule has 0 spiro atoms. The smallest absolute Gasteiger partial charge is 0.0713 e. The van der Waals surface area contributed by atoms with Crippen LogP contribution in [-0.4, -0.2) is 4.57 Å². The van der Waals surface area contributed by atoms with Crippen LogP contribution >= 0.6 is 0 Å². The predicted octanol–water partition coefficient (Wildman–Crippen LogP) is 15.7. The van der Waals surface area contributed by atoms with Gasteiger partial charge in [0.15, 0.2) is 0 Å². The van der Waals surface area contributed by atoms with E-state index in [1.54, 1.807) is 0 Å². The lowest BCUT2D eigenvalue weighted by atomic mass is 9.67. The Labute approximate surface area is 375 Å². The minimum absolute atomic E-state index is 0.193. The lowest BCUT2D eigenvalue weighted by Crippen LogP contribution is -2.28. The molecule has 0 radical (unpaired) electrons. The summed E-state index contributed by atoms with van der Waals surface area (Å²) in [4.78, 5) is 0. The van der Waals surface area contributed by atoms with Gasteiger partial charge in [-0.15, -0.1) is 0 Å². The first-order valence-corrected chi connectivity index (χ1v) is 21.5. The molecule has 0 fully saturated rings. The van der Waals surface area contributed by atoms with Crippen molar-refractivity contribution in [1.29, 1.82) is 0 Å². The molecule has 1 aliphatic carbocycles. The lowest BCUT2D eigenvalue weighted by Gasteiger charge is -2.34. The van der Waals surface area contributed by atoms with Gasteiger partial charge >= 0.3 is 0 Å². The third-order valence-corrected chi connectivity index (χ3v) is 13.1. The molecule has 11 aromatic rings. The fourth-order valence-corrected chi connectivity index (χ4v) is 10.3. The van der Waals surface area contributed by atoms with Gasteiger partial charge < -0.3 is 4.57 Å². The summed E-state index contributed by atoms with van der Waals surface area (Å²) < 4.78 is 44.7. The van der Waals surface area contributed by atoms with Crippen molar-refractivity contribution in [2.75, 3.05) is 0 Å². The van der Waals surface area contributed by atoms with E-state index in [1.807, 2.05) is 12.1 Å². The van der Waals surface area contributed by atoms with Crippen LogP contribution < -0.4 is 0 Å². The summed E-state index contributed by atoms with van der Waals surface area (Å²) in [5, 5.41) is 2.40. The number of hydrogen-bond donors (Lipinski definition) is 0. The summed E-state index contributed by atoms with van der Waals surface area (Å²) in [6.07, 6.45) is 0. The largest absolute Gasteiger partial charge is 0.309 e. The van der Waals surface area contributed by atoms with Crippen LogP contribution in [0.1, 0.15) is 51.7 Å². The maximum atomic E-state index is 8.73. The molecule has 1 unspecified atom stereocenters. The van der Waals surface area contributed by atoms with E-state index >= 15 is 0 Å². The highest BCUT2D eigenvalue weighted by atomic mass is 15.0. The van der Waals surface area contributed by atoms with Gasteiger partial charge in [0.25, 0.3) is 0 Å². The molecule has 1 aliphatic rings. The zero-order valence-corrected chi connectivity index (χ0v) is 34.4. The molecule has 296 valence electrons. The second-order valence-electron chi connectivity index (χ2n) is 16.4. The minimum Gasteiger partial charge on any atom is -0.309 e. The zero-order chi connectivity index (χ0) is 46.1. The molecule has 0 N–H and O–H groups in total. The number of para-hydroxylation sites is 2. The monoisotopic (exact) mass is 806 g/mol. The van der Waals surface area contributed by atoms with E-state index in [1.165, 1.54) is 49.7 Å². The Kier molecular flexibility index (Phi) is 7.66. The van der Waals surface area contributed by atoms with Crippen molar-refractivity contribution in [3.63, 3.8) is 0 Å². The molecule has 1 atom stereocenters. The summed E-state index contributed by atoms with van der Waals surface area (Å²) >= 11 is 0. The quantitative estimate of drug-likeness (QED) is 0.135. The van der Waals surface area contributed by atoms with Crippen LogP contribution in [0.5, 0.6) is 0 Å². The molecular formula is C62H43N. The van der Waals surface area contributed by atoms with Gasteiger partial charge in [0.1, 0.15) is 0 Å². The SMILES string of the molecule is [2H]c1c([2H])c([2H])c(-c2ccc(C(c3ccc(-c4ccc5c(c4)c4ccccc4n5-c4ccccc4)cc3)c3ccc4c(c3)C(c3ccccc3)(c3ccccc3)c3ccccc3-4)cc2)c([2H])c1[2H]. The summed E-state index contributed by atoms with van der Waals surface area (Å²) in [6.45, 7) is 0. The van der Waals surface area contributed by atoms with E-state index in [0.29, 0.717) is 5.56 Å². The van der Waals surface area contributed by atoms with Crippen LogP contribution in [0, 0.1) is 0 Å². The van der Waals surface area contributed by atoms with Gasteiger partial charge in [0.2, 0.25) is 0 Å². The van der Waals surface area contributed by atoms with E-state index in [2.05, 4.69) is 217 Å². The van der Waals surface area contributed by atoms with Crippen molar-refractivity contribution in [1.82, 2.24) is 4.57 Å². The Bertz CT molecular complexity index is 3640. The molecule has 1 nitrogen and oxygen atoms in total. The molecule has 10 aromatic carbocycles. The number of fused-ring (bicyclic) bond motifs is 6. The Balaban J connectivity index is 1.03. The van der Waals surface area contributed by atoms with Crippen molar-refractivity contribution < 1.29 is 6.85 Å². The number of aromatic nitrogens is 1. The third-order valence-electron chi connectivity index (χ3n) is 13.1. The standard InChI is InChI=1S/C62H43N/c1-5-17-43(18-6-1)44-29-33-46(34-30-44)61(47-35-31-45(32-36-47)48-38-40-60-56(41-48)55-26-14-16-28-59(55)63(60)52-23-11-4-12-24-52)49-37-39-54-53-25-13-15-27-57(53)62(58(54)42-49,50-19-7-2-8-20-50)51-21-9-3-10-22-51/h1-42,61H/i1D,5D,6D,17D,18D. The van der Waals surface area contributed by atoms with Crippen LogP contribution in [0.15, 0.2) is 255 Å². The fourth-order valence-electron chi connectivity index (χ4n) is 10.3. The minimum atomic E-state index is -0.577. The molecule has 0 bridgehead atoms. The Morgan fingerprint density at radius 3 is 1.57 bits per heavy atom. The summed E-state index contributed by atoms with van der Waals surface area (Å²) in [6, 6.07) is 78.6. The molecule has 1 heterocycles. The van der Waals surface area contributed by atoms with E-state index < -0.39 is 11.5 Å². The Morgan fingerprint density at radius 1 is 0.365 bits per heavy atom. The topological polar surface area (TPSA) is 4.93 Å². The molecule has 1 aromatic heterocycles. The highest BCUT2D eigenvalue weighted by molar-refractivity contribution is 6.10. The van der Waals surface area contributed by atoms with Crippen LogP contribution in [-0.2, 0) is 5.41 Å². The zero-order valence-electron chi connectivity index (χ0n) is 39.4. The highest BCUT2D eigenvalue weighted by Gasteiger charge is 2.46. The number of hydrogen-bond acceptors (Lipinski definition) is 0. The molecular weight excluding hydrogens is 759 g/mol. The van der Waals surface area contributed by atoms with Crippen molar-refractivity contribution >= 4 is 21.8 Å². The first-order chi connectivity index (χ1) is 33.3. The average molecular weight is 807 g/mol. The number of rotatable bonds is 8. The average Bonchev–Trinajstić information content (AvgIpc) is 3.89. The number of nitrogens with zero attached hydrogens (tertiary/aromatic N) is 1. The molecule has 1 heteroatoms.